The lowest BCUT2D eigenvalue weighted by Gasteiger charge is -2.23. The topological polar surface area (TPSA) is 0 Å². The van der Waals surface area contributed by atoms with E-state index in [0.717, 1.165) is 0 Å². The Balaban J connectivity index is 3.99. The summed E-state index contributed by atoms with van der Waals surface area (Å²) in [4.78, 5) is 0. The lowest BCUT2D eigenvalue weighted by atomic mass is 10.6. The molecule has 0 aliphatic carbocycles. The van der Waals surface area contributed by atoms with E-state index in [0.29, 0.717) is 6.04 Å². The van der Waals surface area contributed by atoms with E-state index in [2.05, 4.69) is 0 Å². The van der Waals surface area contributed by atoms with Crippen LogP contribution in [0.4, 0.5) is 8.22 Å². The third-order valence-electron chi connectivity index (χ3n) is 1.96. The van der Waals surface area contributed by atoms with Crippen LogP contribution >= 0.6 is 0 Å². The Morgan fingerprint density at radius 3 is 1.55 bits per heavy atom. The van der Waals surface area contributed by atoms with Gasteiger partial charge in [-0.05, 0) is 37.8 Å². The summed E-state index contributed by atoms with van der Waals surface area (Å²) in [5.41, 5.74) is -0.0332. The van der Waals surface area contributed by atoms with E-state index in [1.807, 2.05) is 6.92 Å². The average Bonchev–Trinajstić information content (AvgIpc) is 1.56. The van der Waals surface area contributed by atoms with Gasteiger partial charge in [-0.2, -0.15) is 0 Å². The van der Waals surface area contributed by atoms with Crippen LogP contribution in [0, 0.1) is 0 Å². The van der Waals surface area contributed by atoms with E-state index in [-0.39, 0.29) is 5.54 Å². The Hall–Kier alpha value is 0.294. The van der Waals surface area contributed by atoms with Crippen molar-refractivity contribution in [3.05, 3.63) is 0 Å². The molecule has 0 N–H and O–H groups in total. The normalized spacial score (nSPS) is 16.6. The Labute approximate surface area is 70.4 Å². The van der Waals surface area contributed by atoms with Gasteiger partial charge in [0.15, 0.2) is 0 Å². The first-order valence-electron chi connectivity index (χ1n) is 4.01. The second kappa shape index (κ2) is 3.35. The van der Waals surface area contributed by atoms with Gasteiger partial charge in [0.1, 0.15) is 0 Å². The van der Waals surface area contributed by atoms with Crippen LogP contribution in [0.3, 0.4) is 0 Å². The largest absolute Gasteiger partial charge is 0.314 e. The molecule has 0 rings (SSSR count). The summed E-state index contributed by atoms with van der Waals surface area (Å²) in [5.74, 6) is 0. The molecule has 0 heterocycles. The van der Waals surface area contributed by atoms with E-state index in [1.54, 1.807) is 26.2 Å². The fourth-order valence-electron chi connectivity index (χ4n) is 0.971. The molecule has 0 aromatic carbocycles. The third-order valence-corrected chi connectivity index (χ3v) is 6.50. The van der Waals surface area contributed by atoms with Crippen LogP contribution in [0.25, 0.3) is 0 Å². The second-order valence-electron chi connectivity index (χ2n) is 4.39. The molecule has 0 nitrogen and oxygen atoms in total. The highest BCUT2D eigenvalue weighted by molar-refractivity contribution is 6.77. The molecule has 0 aromatic heterocycles. The van der Waals surface area contributed by atoms with Gasteiger partial charge in [0.2, 0.25) is 16.8 Å². The van der Waals surface area contributed by atoms with Gasteiger partial charge >= 0.3 is 0 Å². The maximum Gasteiger partial charge on any atom is 0.243 e. The first-order chi connectivity index (χ1) is 4.63. The molecule has 68 valence electrons. The minimum Gasteiger partial charge on any atom is -0.314 e. The molecule has 0 saturated carbocycles. The van der Waals surface area contributed by atoms with Crippen molar-refractivity contribution >= 4 is 16.8 Å². The van der Waals surface area contributed by atoms with Crippen LogP contribution in [0.5, 0.6) is 0 Å². The summed E-state index contributed by atoms with van der Waals surface area (Å²) in [6.45, 7) is 8.42. The van der Waals surface area contributed by atoms with Crippen molar-refractivity contribution < 1.29 is 8.22 Å². The Bertz CT molecular complexity index is 123. The molecule has 1 atom stereocenters. The van der Waals surface area contributed by atoms with Gasteiger partial charge in [-0.3, -0.25) is 0 Å². The van der Waals surface area contributed by atoms with Crippen LogP contribution in [-0.2, 0) is 0 Å². The third kappa shape index (κ3) is 5.55. The minimum atomic E-state index is -2.58. The van der Waals surface area contributed by atoms with Crippen LogP contribution in [0.15, 0.2) is 0 Å². The monoisotopic (exact) mass is 196 g/mol. The Morgan fingerprint density at radius 1 is 1.09 bits per heavy atom. The maximum atomic E-state index is 13.3. The molecule has 4 heteroatoms. The van der Waals surface area contributed by atoms with Crippen molar-refractivity contribution in [2.75, 3.05) is 0 Å². The van der Waals surface area contributed by atoms with E-state index in [1.165, 1.54) is 0 Å². The van der Waals surface area contributed by atoms with Gasteiger partial charge in [-0.15, -0.1) is 0 Å². The number of hydrogen-bond donors (Lipinski definition) is 0. The quantitative estimate of drug-likeness (QED) is 0.477. The number of hydrogen-bond acceptors (Lipinski definition) is 0. The van der Waals surface area contributed by atoms with E-state index in [9.17, 15) is 8.22 Å². The summed E-state index contributed by atoms with van der Waals surface area (Å²) in [5, 5.41) is 0. The molecule has 0 saturated heterocycles. The summed E-state index contributed by atoms with van der Waals surface area (Å²) >= 11 is 0. The molecule has 0 aliphatic rings. The molecular weight excluding hydrogens is 178 g/mol. The van der Waals surface area contributed by atoms with Crippen LogP contribution in [0.1, 0.15) is 6.92 Å². The predicted molar refractivity (Wildman–Crippen MR) is 51.4 cm³/mol. The number of rotatable bonds is 3. The summed E-state index contributed by atoms with van der Waals surface area (Å²) in [6.07, 6.45) is 0. The minimum absolute atomic E-state index is 0.0332. The van der Waals surface area contributed by atoms with Crippen LogP contribution < -0.4 is 0 Å². The zero-order valence-corrected chi connectivity index (χ0v) is 10.0. The van der Waals surface area contributed by atoms with Crippen molar-refractivity contribution in [3.8, 4) is 0 Å². The molecule has 0 radical (unpaired) electrons. The highest BCUT2D eigenvalue weighted by atomic mass is 28.4. The van der Waals surface area contributed by atoms with Gasteiger partial charge in [0.25, 0.3) is 0 Å². The fourth-order valence-corrected chi connectivity index (χ4v) is 5.82. The number of halogens is 2. The first-order valence-corrected chi connectivity index (χ1v) is 10.0. The van der Waals surface area contributed by atoms with Gasteiger partial charge in [-0.25, -0.2) is 0 Å². The molecule has 0 bridgehead atoms. The molecule has 1 unspecified atom stereocenters. The highest BCUT2D eigenvalue weighted by Crippen LogP contribution is 2.31. The lowest BCUT2D eigenvalue weighted by molar-refractivity contribution is 0.712. The zero-order chi connectivity index (χ0) is 9.28. The van der Waals surface area contributed by atoms with E-state index >= 15 is 0 Å². The Kier molecular flexibility index (Phi) is 3.44. The maximum absolute atomic E-state index is 13.3. The Morgan fingerprint density at radius 2 is 1.45 bits per heavy atom. The molecule has 0 aromatic rings. The SMILES string of the molecule is CC(C[Si](C)(C)F)[Si](C)(C)F. The molecule has 0 spiro atoms. The fraction of sp³-hybridized carbons (Fsp3) is 1.00. The average molecular weight is 196 g/mol. The first kappa shape index (κ1) is 11.3. The molecule has 0 amide bonds. The standard InChI is InChI=1S/C7H18F2Si2/c1-7(11(4,5)9)6-10(2,3)8/h7H,6H2,1-5H3. The van der Waals surface area contributed by atoms with E-state index in [4.69, 9.17) is 0 Å². The zero-order valence-electron chi connectivity index (χ0n) is 8.04. The molecule has 11 heavy (non-hydrogen) atoms. The van der Waals surface area contributed by atoms with E-state index < -0.39 is 16.8 Å². The van der Waals surface area contributed by atoms with Gasteiger partial charge < -0.3 is 8.22 Å². The van der Waals surface area contributed by atoms with Crippen molar-refractivity contribution in [2.24, 2.45) is 0 Å². The van der Waals surface area contributed by atoms with Gasteiger partial charge in [-0.1, -0.05) is 6.92 Å². The van der Waals surface area contributed by atoms with Crippen molar-refractivity contribution in [3.63, 3.8) is 0 Å². The highest BCUT2D eigenvalue weighted by Gasteiger charge is 2.35. The summed E-state index contributed by atoms with van der Waals surface area (Å²) < 4.78 is 26.5. The molecule has 0 fully saturated rings. The van der Waals surface area contributed by atoms with Gasteiger partial charge in [0, 0.05) is 0 Å². The summed E-state index contributed by atoms with van der Waals surface area (Å²) in [7, 11) is -5.11. The predicted octanol–water partition coefficient (Wildman–Crippen LogP) is 3.73. The lowest BCUT2D eigenvalue weighted by Crippen LogP contribution is -2.31. The smallest absolute Gasteiger partial charge is 0.243 e. The van der Waals surface area contributed by atoms with Crippen molar-refractivity contribution in [2.45, 2.75) is 44.7 Å². The summed E-state index contributed by atoms with van der Waals surface area (Å²) in [6, 6.07) is 0.475. The van der Waals surface area contributed by atoms with Gasteiger partial charge in [0.05, 0.1) is 0 Å². The second-order valence-corrected chi connectivity index (χ2v) is 12.3. The van der Waals surface area contributed by atoms with Crippen molar-refractivity contribution in [1.82, 2.24) is 0 Å². The van der Waals surface area contributed by atoms with Crippen LogP contribution in [0.2, 0.25) is 37.8 Å². The molecule has 0 aliphatic heterocycles. The van der Waals surface area contributed by atoms with Crippen molar-refractivity contribution in [1.29, 1.82) is 0 Å². The molecular formula is C7H18F2Si2. The van der Waals surface area contributed by atoms with Crippen LogP contribution in [-0.4, -0.2) is 16.8 Å².